The molecule has 0 fully saturated rings. The smallest absolute Gasteiger partial charge is 0.408 e. The summed E-state index contributed by atoms with van der Waals surface area (Å²) < 4.78 is 6.21. The number of halogens is 1. The fourth-order valence-corrected chi connectivity index (χ4v) is 4.80. The average Bonchev–Trinajstić information content (AvgIpc) is 3.00. The molecule has 2 aliphatic heterocycles. The quantitative estimate of drug-likeness (QED) is 0.527. The molecular weight excluding hydrogens is 492 g/mol. The van der Waals surface area contributed by atoms with Gasteiger partial charge >= 0.3 is 6.09 Å². The molecule has 9 nitrogen and oxygen atoms in total. The van der Waals surface area contributed by atoms with Crippen molar-refractivity contribution in [3.05, 3.63) is 27.7 Å². The second-order valence-corrected chi connectivity index (χ2v) is 10.6. The zero-order valence-electron chi connectivity index (χ0n) is 19.4. The first-order chi connectivity index (χ1) is 15.4. The number of nitrogens with zero attached hydrogens (tertiary/aromatic N) is 1. The van der Waals surface area contributed by atoms with E-state index in [0.717, 1.165) is 21.3 Å². The van der Waals surface area contributed by atoms with E-state index in [1.807, 2.05) is 12.1 Å². The lowest BCUT2D eigenvalue weighted by Crippen LogP contribution is -2.55. The number of aryl methyl sites for hydroxylation is 1. The summed E-state index contributed by atoms with van der Waals surface area (Å²) in [6.07, 6.45) is 1.21. The highest BCUT2D eigenvalue weighted by molar-refractivity contribution is 9.10. The van der Waals surface area contributed by atoms with Crippen LogP contribution in [0.5, 0.6) is 0 Å². The van der Waals surface area contributed by atoms with Gasteiger partial charge in [0.2, 0.25) is 17.7 Å². The van der Waals surface area contributed by atoms with Crippen LogP contribution in [0.3, 0.4) is 0 Å². The highest BCUT2D eigenvalue weighted by atomic mass is 79.9. The van der Waals surface area contributed by atoms with Crippen LogP contribution in [0.2, 0.25) is 0 Å². The van der Waals surface area contributed by atoms with Gasteiger partial charge in [-0.1, -0.05) is 15.9 Å². The van der Waals surface area contributed by atoms with E-state index < -0.39 is 29.7 Å². The Bertz CT molecular complexity index is 974. The zero-order chi connectivity index (χ0) is 24.5. The second-order valence-electron chi connectivity index (χ2n) is 9.65. The van der Waals surface area contributed by atoms with Crippen LogP contribution in [0, 0.1) is 0 Å². The Balaban J connectivity index is 1.85. The van der Waals surface area contributed by atoms with Gasteiger partial charge in [-0.25, -0.2) is 4.79 Å². The predicted octanol–water partition coefficient (Wildman–Crippen LogP) is 2.32. The van der Waals surface area contributed by atoms with E-state index in [1.165, 1.54) is 4.90 Å². The van der Waals surface area contributed by atoms with Gasteiger partial charge in [-0.3, -0.25) is 19.3 Å². The summed E-state index contributed by atoms with van der Waals surface area (Å²) in [5, 5.41) is 5.59. The highest BCUT2D eigenvalue weighted by Crippen LogP contribution is 2.41. The SMILES string of the molecule is CC(CCC(N)=O)NC(=O)[C@@H]1Cc2cc(Br)cc3c2N1C(=O)[C@@H](NC(=O)OC(C)(C)C)CC3. The number of benzene rings is 1. The van der Waals surface area contributed by atoms with Gasteiger partial charge in [-0.05, 0) is 70.2 Å². The number of alkyl carbamates (subject to hydrolysis) is 1. The number of carbonyl (C=O) groups is 4. The van der Waals surface area contributed by atoms with Crippen LogP contribution >= 0.6 is 15.9 Å². The molecule has 10 heteroatoms. The molecule has 4 N–H and O–H groups in total. The molecule has 0 saturated heterocycles. The number of rotatable bonds is 6. The number of nitrogens with two attached hydrogens (primary N) is 1. The summed E-state index contributed by atoms with van der Waals surface area (Å²) in [6.45, 7) is 7.05. The van der Waals surface area contributed by atoms with Crippen LogP contribution in [0.25, 0.3) is 0 Å². The molecule has 1 aromatic carbocycles. The minimum Gasteiger partial charge on any atom is -0.444 e. The number of amides is 4. The fourth-order valence-electron chi connectivity index (χ4n) is 4.25. The molecule has 1 unspecified atom stereocenters. The largest absolute Gasteiger partial charge is 0.444 e. The van der Waals surface area contributed by atoms with E-state index in [2.05, 4.69) is 26.6 Å². The first kappa shape index (κ1) is 25.0. The first-order valence-electron chi connectivity index (χ1n) is 11.1. The van der Waals surface area contributed by atoms with Crippen molar-refractivity contribution in [2.45, 2.75) is 83.5 Å². The highest BCUT2D eigenvalue weighted by Gasteiger charge is 2.44. The molecule has 0 saturated carbocycles. The second kappa shape index (κ2) is 9.70. The van der Waals surface area contributed by atoms with Crippen LogP contribution in [0.15, 0.2) is 16.6 Å². The Morgan fingerprint density at radius 1 is 1.27 bits per heavy atom. The molecule has 180 valence electrons. The summed E-state index contributed by atoms with van der Waals surface area (Å²) in [7, 11) is 0. The molecule has 3 rings (SSSR count). The van der Waals surface area contributed by atoms with Gasteiger partial charge in [0.25, 0.3) is 0 Å². The lowest BCUT2D eigenvalue weighted by molar-refractivity contribution is -0.127. The number of hydrogen-bond acceptors (Lipinski definition) is 5. The Kier molecular flexibility index (Phi) is 7.36. The normalized spacial score (nSPS) is 20.5. The lowest BCUT2D eigenvalue weighted by atomic mass is 10.0. The van der Waals surface area contributed by atoms with Gasteiger partial charge in [0.05, 0.1) is 5.69 Å². The van der Waals surface area contributed by atoms with Gasteiger partial charge in [-0.2, -0.15) is 0 Å². The molecule has 0 bridgehead atoms. The van der Waals surface area contributed by atoms with Gasteiger partial charge in [0.15, 0.2) is 0 Å². The van der Waals surface area contributed by atoms with Crippen molar-refractivity contribution in [2.75, 3.05) is 4.90 Å². The number of nitrogens with one attached hydrogen (secondary N) is 2. The minimum absolute atomic E-state index is 0.161. The number of anilines is 1. The van der Waals surface area contributed by atoms with Crippen molar-refractivity contribution in [2.24, 2.45) is 5.73 Å². The van der Waals surface area contributed by atoms with E-state index in [0.29, 0.717) is 25.7 Å². The minimum atomic E-state index is -0.820. The molecule has 1 aromatic rings. The van der Waals surface area contributed by atoms with Crippen LogP contribution < -0.4 is 21.3 Å². The van der Waals surface area contributed by atoms with E-state index in [1.54, 1.807) is 27.7 Å². The first-order valence-corrected chi connectivity index (χ1v) is 11.9. The van der Waals surface area contributed by atoms with Crippen LogP contribution in [-0.2, 0) is 32.0 Å². The average molecular weight is 523 g/mol. The summed E-state index contributed by atoms with van der Waals surface area (Å²) in [4.78, 5) is 51.7. The Morgan fingerprint density at radius 2 is 1.94 bits per heavy atom. The predicted molar refractivity (Wildman–Crippen MR) is 127 cm³/mol. The maximum Gasteiger partial charge on any atom is 0.408 e. The molecule has 0 aromatic heterocycles. The molecule has 0 radical (unpaired) electrons. The summed E-state index contributed by atoms with van der Waals surface area (Å²) in [6, 6.07) is 2.02. The maximum absolute atomic E-state index is 13.6. The molecule has 0 spiro atoms. The maximum atomic E-state index is 13.6. The summed E-state index contributed by atoms with van der Waals surface area (Å²) >= 11 is 3.52. The van der Waals surface area contributed by atoms with E-state index in [4.69, 9.17) is 10.5 Å². The number of primary amides is 1. The van der Waals surface area contributed by atoms with Gasteiger partial charge in [-0.15, -0.1) is 0 Å². The van der Waals surface area contributed by atoms with Crippen molar-refractivity contribution in [1.29, 1.82) is 0 Å². The summed E-state index contributed by atoms with van der Waals surface area (Å²) in [5.74, 6) is -1.08. The molecule has 4 amide bonds. The Morgan fingerprint density at radius 3 is 2.58 bits per heavy atom. The third kappa shape index (κ3) is 6.04. The van der Waals surface area contributed by atoms with Crippen molar-refractivity contribution >= 4 is 45.4 Å². The Hall–Kier alpha value is -2.62. The number of carbonyl (C=O) groups excluding carboxylic acids is 4. The molecule has 33 heavy (non-hydrogen) atoms. The molecule has 0 aliphatic carbocycles. The molecule has 3 atom stereocenters. The van der Waals surface area contributed by atoms with Crippen molar-refractivity contribution in [1.82, 2.24) is 10.6 Å². The van der Waals surface area contributed by atoms with Crippen molar-refractivity contribution < 1.29 is 23.9 Å². The van der Waals surface area contributed by atoms with Gasteiger partial charge < -0.3 is 21.1 Å². The fraction of sp³-hybridized carbons (Fsp3) is 0.565. The standard InChI is InChI=1S/C23H31BrN4O5/c1-12(5-8-18(25)29)26-20(30)17-11-14-10-15(24)9-13-6-7-16(21(31)28(17)19(13)14)27-22(32)33-23(2,3)4/h9-10,12,16-17H,5-8,11H2,1-4H3,(H2,25,29)(H,26,30)(H,27,32)/t12?,16-,17-/m0/s1. The van der Waals surface area contributed by atoms with Gasteiger partial charge in [0.1, 0.15) is 17.7 Å². The number of hydrogen-bond donors (Lipinski definition) is 3. The third-order valence-corrected chi connectivity index (χ3v) is 6.10. The van der Waals surface area contributed by atoms with Crippen molar-refractivity contribution in [3.8, 4) is 0 Å². The lowest BCUT2D eigenvalue weighted by Gasteiger charge is -2.29. The number of ether oxygens (including phenoxy) is 1. The van der Waals surface area contributed by atoms with Gasteiger partial charge in [0, 0.05) is 23.4 Å². The van der Waals surface area contributed by atoms with E-state index in [-0.39, 0.29) is 24.3 Å². The zero-order valence-corrected chi connectivity index (χ0v) is 21.0. The van der Waals surface area contributed by atoms with E-state index in [9.17, 15) is 19.2 Å². The van der Waals surface area contributed by atoms with Crippen LogP contribution in [0.1, 0.15) is 58.1 Å². The monoisotopic (exact) mass is 522 g/mol. The van der Waals surface area contributed by atoms with E-state index >= 15 is 0 Å². The summed E-state index contributed by atoms with van der Waals surface area (Å²) in [5.41, 5.74) is 7.09. The molecular formula is C23H31BrN4O5. The van der Waals surface area contributed by atoms with Crippen LogP contribution in [-0.4, -0.2) is 47.5 Å². The van der Waals surface area contributed by atoms with Crippen LogP contribution in [0.4, 0.5) is 10.5 Å². The third-order valence-electron chi connectivity index (χ3n) is 5.64. The molecule has 2 aliphatic rings. The molecule has 2 heterocycles. The van der Waals surface area contributed by atoms with Crippen molar-refractivity contribution in [3.63, 3.8) is 0 Å². The Labute approximate surface area is 201 Å². The topological polar surface area (TPSA) is 131 Å².